The third kappa shape index (κ3) is 4.01. The number of hydrogen-bond acceptors (Lipinski definition) is 5. The van der Waals surface area contributed by atoms with Crippen molar-refractivity contribution >= 4 is 23.5 Å². The normalized spacial score (nSPS) is 15.8. The van der Waals surface area contributed by atoms with E-state index in [-0.39, 0.29) is 30.1 Å². The number of amides is 2. The second-order valence-electron chi connectivity index (χ2n) is 7.01. The number of likely N-dealkylation sites (tertiary alicyclic amines) is 1. The van der Waals surface area contributed by atoms with Crippen LogP contribution in [0.5, 0.6) is 11.5 Å². The molecule has 1 fully saturated rings. The Morgan fingerprint density at radius 3 is 2.45 bits per heavy atom. The summed E-state index contributed by atoms with van der Waals surface area (Å²) < 4.78 is 10.6. The molecule has 2 N–H and O–H groups in total. The number of hydrogen-bond donors (Lipinski definition) is 2. The fourth-order valence-corrected chi connectivity index (χ4v) is 3.53. The molecule has 8 nitrogen and oxygen atoms in total. The monoisotopic (exact) mass is 396 g/mol. The maximum Gasteiger partial charge on any atom is 0.335 e. The van der Waals surface area contributed by atoms with Gasteiger partial charge in [-0.15, -0.1) is 0 Å². The Kier molecular flexibility index (Phi) is 5.07. The van der Waals surface area contributed by atoms with Gasteiger partial charge in [0.05, 0.1) is 5.56 Å². The smallest absolute Gasteiger partial charge is 0.335 e. The van der Waals surface area contributed by atoms with Gasteiger partial charge in [0.15, 0.2) is 11.5 Å². The van der Waals surface area contributed by atoms with E-state index in [4.69, 9.17) is 14.6 Å². The standard InChI is InChI=1S/C21H20N2O6/c24-19(22-16-4-5-17-18(11-16)29-12-28-17)13-6-8-23(9-7-13)20(25)14-2-1-3-15(10-14)21(26)27/h1-5,10-11,13H,6-9,12H2,(H,22,24)(H,26,27). The molecule has 0 atom stereocenters. The van der Waals surface area contributed by atoms with E-state index in [1.807, 2.05) is 0 Å². The topological polar surface area (TPSA) is 105 Å². The fraction of sp³-hybridized carbons (Fsp3) is 0.286. The Labute approximate surface area is 167 Å². The molecule has 2 aliphatic rings. The predicted octanol–water partition coefficient (Wildman–Crippen LogP) is 2.60. The average molecular weight is 396 g/mol. The number of fused-ring (bicyclic) bond motifs is 1. The number of anilines is 1. The summed E-state index contributed by atoms with van der Waals surface area (Å²) in [4.78, 5) is 38.0. The summed E-state index contributed by atoms with van der Waals surface area (Å²) in [6.07, 6.45) is 1.08. The summed E-state index contributed by atoms with van der Waals surface area (Å²) in [6.45, 7) is 1.05. The highest BCUT2D eigenvalue weighted by atomic mass is 16.7. The molecule has 0 unspecified atom stereocenters. The van der Waals surface area contributed by atoms with Crippen molar-refractivity contribution in [2.45, 2.75) is 12.8 Å². The summed E-state index contributed by atoms with van der Waals surface area (Å²) in [6, 6.07) is 11.2. The molecular formula is C21H20N2O6. The van der Waals surface area contributed by atoms with E-state index in [1.165, 1.54) is 12.1 Å². The number of carbonyl (C=O) groups excluding carboxylic acids is 2. The Morgan fingerprint density at radius 2 is 1.69 bits per heavy atom. The molecule has 0 saturated carbocycles. The Balaban J connectivity index is 1.34. The summed E-state index contributed by atoms with van der Waals surface area (Å²) in [5, 5.41) is 12.0. The Hall–Kier alpha value is -3.55. The third-order valence-corrected chi connectivity index (χ3v) is 5.15. The SMILES string of the molecule is O=C(O)c1cccc(C(=O)N2CCC(C(=O)Nc3ccc4c(c3)OCO4)CC2)c1. The number of ether oxygens (including phenoxy) is 2. The van der Waals surface area contributed by atoms with E-state index >= 15 is 0 Å². The molecule has 4 rings (SSSR count). The highest BCUT2D eigenvalue weighted by Gasteiger charge is 2.28. The second-order valence-corrected chi connectivity index (χ2v) is 7.01. The lowest BCUT2D eigenvalue weighted by Crippen LogP contribution is -2.41. The molecular weight excluding hydrogens is 376 g/mol. The van der Waals surface area contributed by atoms with Crippen molar-refractivity contribution in [2.75, 3.05) is 25.2 Å². The molecule has 0 aromatic heterocycles. The number of rotatable bonds is 4. The van der Waals surface area contributed by atoms with Crippen molar-refractivity contribution < 1.29 is 29.0 Å². The molecule has 0 spiro atoms. The molecule has 0 bridgehead atoms. The number of carbonyl (C=O) groups is 3. The molecule has 2 aromatic carbocycles. The van der Waals surface area contributed by atoms with Gasteiger partial charge in [-0.05, 0) is 43.2 Å². The number of nitrogens with zero attached hydrogens (tertiary/aromatic N) is 1. The van der Waals surface area contributed by atoms with E-state index in [9.17, 15) is 14.4 Å². The van der Waals surface area contributed by atoms with Gasteiger partial charge in [0.2, 0.25) is 12.7 Å². The van der Waals surface area contributed by atoms with Crippen LogP contribution in [0.4, 0.5) is 5.69 Å². The molecule has 0 aliphatic carbocycles. The lowest BCUT2D eigenvalue weighted by atomic mass is 9.95. The molecule has 150 valence electrons. The van der Waals surface area contributed by atoms with Crippen LogP contribution in [0.25, 0.3) is 0 Å². The number of aromatic carboxylic acids is 1. The van der Waals surface area contributed by atoms with Crippen LogP contribution >= 0.6 is 0 Å². The van der Waals surface area contributed by atoms with Crippen LogP contribution in [-0.2, 0) is 4.79 Å². The van der Waals surface area contributed by atoms with Crippen LogP contribution < -0.4 is 14.8 Å². The lowest BCUT2D eigenvalue weighted by Gasteiger charge is -2.31. The summed E-state index contributed by atoms with van der Waals surface area (Å²) in [5.41, 5.74) is 1.06. The van der Waals surface area contributed by atoms with Crippen LogP contribution in [0.3, 0.4) is 0 Å². The van der Waals surface area contributed by atoms with E-state index in [0.717, 1.165) is 0 Å². The van der Waals surface area contributed by atoms with Gasteiger partial charge in [0, 0.05) is 36.3 Å². The molecule has 1 saturated heterocycles. The first-order valence-electron chi connectivity index (χ1n) is 9.34. The number of benzene rings is 2. The quantitative estimate of drug-likeness (QED) is 0.823. The number of carboxylic acids is 1. The van der Waals surface area contributed by atoms with Crippen LogP contribution in [0.2, 0.25) is 0 Å². The zero-order chi connectivity index (χ0) is 20.4. The Bertz CT molecular complexity index is 965. The lowest BCUT2D eigenvalue weighted by molar-refractivity contribution is -0.121. The molecule has 29 heavy (non-hydrogen) atoms. The van der Waals surface area contributed by atoms with Gasteiger partial charge in [0.25, 0.3) is 5.91 Å². The first kappa shape index (κ1) is 18.8. The van der Waals surface area contributed by atoms with Gasteiger partial charge < -0.3 is 24.8 Å². The highest BCUT2D eigenvalue weighted by molar-refractivity contribution is 5.98. The molecule has 2 amide bonds. The Morgan fingerprint density at radius 1 is 0.966 bits per heavy atom. The summed E-state index contributed by atoms with van der Waals surface area (Å²) in [5.74, 6) is -0.325. The van der Waals surface area contributed by atoms with Crippen molar-refractivity contribution in [2.24, 2.45) is 5.92 Å². The van der Waals surface area contributed by atoms with E-state index < -0.39 is 5.97 Å². The van der Waals surface area contributed by atoms with Crippen LogP contribution in [-0.4, -0.2) is 47.7 Å². The van der Waals surface area contributed by atoms with Gasteiger partial charge in [-0.2, -0.15) is 0 Å². The van der Waals surface area contributed by atoms with Gasteiger partial charge in [-0.25, -0.2) is 4.79 Å². The van der Waals surface area contributed by atoms with Crippen molar-refractivity contribution in [3.05, 3.63) is 53.6 Å². The molecule has 0 radical (unpaired) electrons. The van der Waals surface area contributed by atoms with Gasteiger partial charge in [-0.3, -0.25) is 9.59 Å². The van der Waals surface area contributed by atoms with Crippen LogP contribution in [0.1, 0.15) is 33.6 Å². The minimum absolute atomic E-state index is 0.0776. The predicted molar refractivity (Wildman–Crippen MR) is 103 cm³/mol. The first-order valence-corrected chi connectivity index (χ1v) is 9.34. The van der Waals surface area contributed by atoms with E-state index in [0.29, 0.717) is 48.7 Å². The molecule has 2 heterocycles. The van der Waals surface area contributed by atoms with Gasteiger partial charge in [-0.1, -0.05) is 6.07 Å². The maximum atomic E-state index is 12.7. The number of nitrogens with one attached hydrogen (secondary N) is 1. The summed E-state index contributed by atoms with van der Waals surface area (Å²) >= 11 is 0. The first-order chi connectivity index (χ1) is 14.0. The second kappa shape index (κ2) is 7.83. The third-order valence-electron chi connectivity index (χ3n) is 5.15. The molecule has 8 heteroatoms. The summed E-state index contributed by atoms with van der Waals surface area (Å²) in [7, 11) is 0. The van der Waals surface area contributed by atoms with Crippen LogP contribution in [0.15, 0.2) is 42.5 Å². The fourth-order valence-electron chi connectivity index (χ4n) is 3.53. The van der Waals surface area contributed by atoms with Crippen molar-refractivity contribution in [3.63, 3.8) is 0 Å². The van der Waals surface area contributed by atoms with Gasteiger partial charge in [0.1, 0.15) is 0 Å². The maximum absolute atomic E-state index is 12.7. The zero-order valence-electron chi connectivity index (χ0n) is 15.6. The number of carboxylic acid groups (broad SMARTS) is 1. The van der Waals surface area contributed by atoms with Crippen LogP contribution in [0, 0.1) is 5.92 Å². The molecule has 2 aromatic rings. The minimum atomic E-state index is -1.07. The van der Waals surface area contributed by atoms with Gasteiger partial charge >= 0.3 is 5.97 Å². The minimum Gasteiger partial charge on any atom is -0.478 e. The highest BCUT2D eigenvalue weighted by Crippen LogP contribution is 2.34. The van der Waals surface area contributed by atoms with E-state index in [1.54, 1.807) is 35.2 Å². The van der Waals surface area contributed by atoms with Crippen molar-refractivity contribution in [1.29, 1.82) is 0 Å². The van der Waals surface area contributed by atoms with E-state index in [2.05, 4.69) is 5.32 Å². The number of piperidine rings is 1. The largest absolute Gasteiger partial charge is 0.478 e. The van der Waals surface area contributed by atoms with Crippen molar-refractivity contribution in [3.8, 4) is 11.5 Å². The molecule has 2 aliphatic heterocycles. The zero-order valence-corrected chi connectivity index (χ0v) is 15.6. The average Bonchev–Trinajstić information content (AvgIpc) is 3.21. The van der Waals surface area contributed by atoms with Crippen molar-refractivity contribution in [1.82, 2.24) is 4.90 Å².